The number of aliphatic hydroxyl groups excluding tert-OH is 1. The van der Waals surface area contributed by atoms with Crippen molar-refractivity contribution in [1.29, 1.82) is 0 Å². The summed E-state index contributed by atoms with van der Waals surface area (Å²) in [6.45, 7) is 0.477. The highest BCUT2D eigenvalue weighted by atomic mass is 16.6. The molecule has 0 aliphatic heterocycles. The lowest BCUT2D eigenvalue weighted by Crippen LogP contribution is -2.02. The monoisotopic (exact) mass is 259 g/mol. The summed E-state index contributed by atoms with van der Waals surface area (Å²) in [5.41, 5.74) is 1.80. The number of nitrogens with one attached hydrogen (secondary N) is 1. The van der Waals surface area contributed by atoms with Crippen molar-refractivity contribution in [3.63, 3.8) is 0 Å². The molecule has 0 aliphatic rings. The molecular weight excluding hydrogens is 246 g/mol. The van der Waals surface area contributed by atoms with Gasteiger partial charge in [-0.25, -0.2) is 4.98 Å². The predicted octanol–water partition coefficient (Wildman–Crippen LogP) is 2.09. The van der Waals surface area contributed by atoms with Gasteiger partial charge in [0, 0.05) is 18.8 Å². The minimum absolute atomic E-state index is 0.00149. The number of aliphatic hydroxyl groups is 1. The molecule has 98 valence electrons. The van der Waals surface area contributed by atoms with Gasteiger partial charge in [-0.2, -0.15) is 0 Å². The van der Waals surface area contributed by atoms with Crippen LogP contribution in [0.25, 0.3) is 0 Å². The molecule has 1 heterocycles. The zero-order valence-electron chi connectivity index (χ0n) is 10.1. The van der Waals surface area contributed by atoms with Crippen LogP contribution in [0.15, 0.2) is 42.6 Å². The van der Waals surface area contributed by atoms with Crippen molar-refractivity contribution >= 4 is 11.5 Å². The summed E-state index contributed by atoms with van der Waals surface area (Å²) in [6, 6.07) is 10.2. The largest absolute Gasteiger partial charge is 0.392 e. The molecule has 0 radical (unpaired) electrons. The van der Waals surface area contributed by atoms with Crippen LogP contribution in [0.3, 0.4) is 0 Å². The molecule has 0 atom stereocenters. The summed E-state index contributed by atoms with van der Waals surface area (Å²) in [5, 5.41) is 22.7. The van der Waals surface area contributed by atoms with Gasteiger partial charge in [-0.05, 0) is 11.1 Å². The Hall–Kier alpha value is -2.47. The minimum Gasteiger partial charge on any atom is -0.392 e. The van der Waals surface area contributed by atoms with Crippen LogP contribution in [0, 0.1) is 10.1 Å². The van der Waals surface area contributed by atoms with Gasteiger partial charge in [0.25, 0.3) is 5.69 Å². The number of benzene rings is 1. The topological polar surface area (TPSA) is 88.3 Å². The second kappa shape index (κ2) is 5.92. The van der Waals surface area contributed by atoms with Crippen LogP contribution in [0.5, 0.6) is 0 Å². The fourth-order valence-corrected chi connectivity index (χ4v) is 1.66. The quantitative estimate of drug-likeness (QED) is 0.634. The van der Waals surface area contributed by atoms with Gasteiger partial charge >= 0.3 is 0 Å². The molecule has 2 aromatic rings. The lowest BCUT2D eigenvalue weighted by Gasteiger charge is -2.06. The van der Waals surface area contributed by atoms with Gasteiger partial charge in [-0.1, -0.05) is 24.3 Å². The standard InChI is InChI=1S/C13H13N3O3/c17-9-11-3-1-2-10(6-11)8-15-13-7-12(16(18)19)4-5-14-13/h1-7,17H,8-9H2,(H,14,15). The summed E-state index contributed by atoms with van der Waals surface area (Å²) >= 11 is 0. The molecular formula is C13H13N3O3. The van der Waals surface area contributed by atoms with Crippen molar-refractivity contribution in [1.82, 2.24) is 4.98 Å². The van der Waals surface area contributed by atoms with Crippen molar-refractivity contribution in [3.05, 3.63) is 63.8 Å². The Balaban J connectivity index is 2.05. The predicted molar refractivity (Wildman–Crippen MR) is 70.6 cm³/mol. The number of nitro groups is 1. The molecule has 0 saturated heterocycles. The number of pyridine rings is 1. The molecule has 19 heavy (non-hydrogen) atoms. The highest BCUT2D eigenvalue weighted by molar-refractivity contribution is 5.44. The smallest absolute Gasteiger partial charge is 0.274 e. The van der Waals surface area contributed by atoms with Gasteiger partial charge in [0.15, 0.2) is 0 Å². The van der Waals surface area contributed by atoms with E-state index in [4.69, 9.17) is 5.11 Å². The van der Waals surface area contributed by atoms with E-state index >= 15 is 0 Å². The lowest BCUT2D eigenvalue weighted by atomic mass is 10.1. The van der Waals surface area contributed by atoms with E-state index in [-0.39, 0.29) is 12.3 Å². The third kappa shape index (κ3) is 3.49. The van der Waals surface area contributed by atoms with Gasteiger partial charge in [-0.3, -0.25) is 10.1 Å². The van der Waals surface area contributed by atoms with Crippen LogP contribution in [-0.2, 0) is 13.2 Å². The summed E-state index contributed by atoms with van der Waals surface area (Å²) in [7, 11) is 0. The second-order valence-corrected chi connectivity index (χ2v) is 3.99. The molecule has 0 saturated carbocycles. The number of hydrogen-bond acceptors (Lipinski definition) is 5. The van der Waals surface area contributed by atoms with Gasteiger partial charge < -0.3 is 10.4 Å². The molecule has 0 spiro atoms. The van der Waals surface area contributed by atoms with Crippen LogP contribution < -0.4 is 5.32 Å². The summed E-state index contributed by atoms with van der Waals surface area (Å²) < 4.78 is 0. The molecule has 2 rings (SSSR count). The molecule has 0 bridgehead atoms. The first-order chi connectivity index (χ1) is 9.19. The van der Waals surface area contributed by atoms with E-state index in [0.717, 1.165) is 11.1 Å². The first kappa shape index (κ1) is 13.0. The van der Waals surface area contributed by atoms with Crippen molar-refractivity contribution < 1.29 is 10.0 Å². The van der Waals surface area contributed by atoms with Crippen LogP contribution >= 0.6 is 0 Å². The molecule has 0 fully saturated rings. The fraction of sp³-hybridized carbons (Fsp3) is 0.154. The van der Waals surface area contributed by atoms with E-state index in [1.54, 1.807) is 0 Å². The van der Waals surface area contributed by atoms with Crippen LogP contribution in [0.4, 0.5) is 11.5 Å². The maximum atomic E-state index is 10.6. The lowest BCUT2D eigenvalue weighted by molar-refractivity contribution is -0.384. The Labute approximate surface area is 109 Å². The van der Waals surface area contributed by atoms with E-state index in [0.29, 0.717) is 12.4 Å². The molecule has 2 N–H and O–H groups in total. The summed E-state index contributed by atoms with van der Waals surface area (Å²) in [5.74, 6) is 0.448. The van der Waals surface area contributed by atoms with E-state index in [2.05, 4.69) is 10.3 Å². The zero-order valence-corrected chi connectivity index (χ0v) is 10.1. The van der Waals surface area contributed by atoms with Crippen molar-refractivity contribution in [2.75, 3.05) is 5.32 Å². The Kier molecular flexibility index (Phi) is 4.04. The number of anilines is 1. The van der Waals surface area contributed by atoms with Crippen LogP contribution in [0.2, 0.25) is 0 Å². The molecule has 6 nitrogen and oxygen atoms in total. The van der Waals surface area contributed by atoms with E-state index < -0.39 is 4.92 Å². The minimum atomic E-state index is -0.459. The van der Waals surface area contributed by atoms with Crippen molar-refractivity contribution in [2.45, 2.75) is 13.2 Å². The molecule has 0 unspecified atom stereocenters. The highest BCUT2D eigenvalue weighted by Crippen LogP contribution is 2.15. The van der Waals surface area contributed by atoms with E-state index in [1.807, 2.05) is 24.3 Å². The number of aromatic nitrogens is 1. The SMILES string of the molecule is O=[N+]([O-])c1ccnc(NCc2cccc(CO)c2)c1. The second-order valence-electron chi connectivity index (χ2n) is 3.99. The first-order valence-electron chi connectivity index (χ1n) is 5.72. The zero-order chi connectivity index (χ0) is 13.7. The van der Waals surface area contributed by atoms with E-state index in [1.165, 1.54) is 18.3 Å². The van der Waals surface area contributed by atoms with Gasteiger partial charge in [0.1, 0.15) is 5.82 Å². The van der Waals surface area contributed by atoms with Crippen LogP contribution in [-0.4, -0.2) is 15.0 Å². The summed E-state index contributed by atoms with van der Waals surface area (Å²) in [6.07, 6.45) is 1.39. The van der Waals surface area contributed by atoms with Crippen molar-refractivity contribution in [3.8, 4) is 0 Å². The molecule has 6 heteroatoms. The summed E-state index contributed by atoms with van der Waals surface area (Å²) in [4.78, 5) is 14.2. The Morgan fingerprint density at radius 1 is 1.26 bits per heavy atom. The van der Waals surface area contributed by atoms with Crippen LogP contribution in [0.1, 0.15) is 11.1 Å². The van der Waals surface area contributed by atoms with E-state index in [9.17, 15) is 10.1 Å². The van der Waals surface area contributed by atoms with Gasteiger partial charge in [0.2, 0.25) is 0 Å². The number of hydrogen-bond donors (Lipinski definition) is 2. The molecule has 1 aromatic carbocycles. The van der Waals surface area contributed by atoms with Gasteiger partial charge in [-0.15, -0.1) is 0 Å². The Morgan fingerprint density at radius 3 is 2.79 bits per heavy atom. The first-order valence-corrected chi connectivity index (χ1v) is 5.72. The average molecular weight is 259 g/mol. The Morgan fingerprint density at radius 2 is 2.05 bits per heavy atom. The maximum absolute atomic E-state index is 10.6. The highest BCUT2D eigenvalue weighted by Gasteiger charge is 2.06. The Bertz CT molecular complexity index is 587. The molecule has 0 amide bonds. The molecule has 0 aliphatic carbocycles. The maximum Gasteiger partial charge on any atom is 0.274 e. The number of rotatable bonds is 5. The average Bonchev–Trinajstić information content (AvgIpc) is 2.45. The third-order valence-electron chi connectivity index (χ3n) is 2.60. The van der Waals surface area contributed by atoms with Gasteiger partial charge in [0.05, 0.1) is 17.6 Å². The molecule has 1 aromatic heterocycles. The fourth-order valence-electron chi connectivity index (χ4n) is 1.66. The third-order valence-corrected chi connectivity index (χ3v) is 2.60. The number of nitrogens with zero attached hydrogens (tertiary/aromatic N) is 2. The van der Waals surface area contributed by atoms with Crippen molar-refractivity contribution in [2.24, 2.45) is 0 Å². The normalized spacial score (nSPS) is 10.2.